The number of allylic oxidation sites excluding steroid dienone is 1. The lowest BCUT2D eigenvalue weighted by atomic mass is 10.0. The minimum Gasteiger partial charge on any atom is -0.378 e. The molecule has 0 N–H and O–H groups in total. The molecule has 0 aliphatic heterocycles. The third kappa shape index (κ3) is 5.27. The number of benzene rings is 3. The van der Waals surface area contributed by atoms with E-state index in [0.29, 0.717) is 21.7 Å². The molecule has 0 aliphatic rings. The predicted octanol–water partition coefficient (Wildman–Crippen LogP) is 6.24. The zero-order chi connectivity index (χ0) is 21.0. The van der Waals surface area contributed by atoms with Gasteiger partial charge in [-0.05, 0) is 61.0 Å². The van der Waals surface area contributed by atoms with Gasteiger partial charge in [0, 0.05) is 15.1 Å². The first-order chi connectivity index (χ1) is 13.8. The van der Waals surface area contributed by atoms with E-state index in [1.807, 2.05) is 19.1 Å². The molecule has 0 radical (unpaired) electrons. The van der Waals surface area contributed by atoms with Crippen LogP contribution in [-0.2, 0) is 10.1 Å². The first-order valence-corrected chi connectivity index (χ1v) is 11.0. The maximum atomic E-state index is 12.7. The summed E-state index contributed by atoms with van der Waals surface area (Å²) in [6, 6.07) is 20.2. The summed E-state index contributed by atoms with van der Waals surface area (Å²) in [7, 11) is -4.04. The van der Waals surface area contributed by atoms with Crippen molar-refractivity contribution in [2.24, 2.45) is 0 Å². The number of hydrogen-bond donors (Lipinski definition) is 0. The van der Waals surface area contributed by atoms with Crippen molar-refractivity contribution in [2.75, 3.05) is 0 Å². The highest BCUT2D eigenvalue weighted by Crippen LogP contribution is 2.30. The average molecular weight is 489 g/mol. The monoisotopic (exact) mass is 487 g/mol. The van der Waals surface area contributed by atoms with Crippen LogP contribution in [0.15, 0.2) is 76.1 Å². The van der Waals surface area contributed by atoms with E-state index in [1.165, 1.54) is 24.3 Å². The zero-order valence-electron chi connectivity index (χ0n) is 15.3. The Morgan fingerprint density at radius 2 is 1.72 bits per heavy atom. The van der Waals surface area contributed by atoms with Crippen LogP contribution >= 0.6 is 27.5 Å². The Balaban J connectivity index is 2.03. The summed E-state index contributed by atoms with van der Waals surface area (Å²) in [4.78, 5) is 0.0430. The SMILES string of the molecule is Cc1ccc(S(=O)(=O)Oc2ccc(Cl)cc2/C=C(\C#N)c2ccc(Br)cc2)cc1. The molecule has 4 nitrogen and oxygen atoms in total. The van der Waals surface area contributed by atoms with Crippen LogP contribution in [-0.4, -0.2) is 8.42 Å². The van der Waals surface area contributed by atoms with Crippen molar-refractivity contribution < 1.29 is 12.6 Å². The van der Waals surface area contributed by atoms with E-state index >= 15 is 0 Å². The molecular formula is C22H15BrClNO3S. The number of aryl methyl sites for hydroxylation is 1. The molecule has 0 saturated carbocycles. The van der Waals surface area contributed by atoms with Gasteiger partial charge in [0.2, 0.25) is 0 Å². The topological polar surface area (TPSA) is 67.2 Å². The number of nitriles is 1. The maximum Gasteiger partial charge on any atom is 0.339 e. The largest absolute Gasteiger partial charge is 0.378 e. The number of rotatable bonds is 5. The van der Waals surface area contributed by atoms with Crippen molar-refractivity contribution in [2.45, 2.75) is 11.8 Å². The van der Waals surface area contributed by atoms with E-state index in [9.17, 15) is 13.7 Å². The van der Waals surface area contributed by atoms with Crippen molar-refractivity contribution in [1.82, 2.24) is 0 Å². The second-order valence-corrected chi connectivity index (χ2v) is 9.11. The Morgan fingerprint density at radius 3 is 2.34 bits per heavy atom. The molecule has 0 unspecified atom stereocenters. The Kier molecular flexibility index (Phi) is 6.43. The van der Waals surface area contributed by atoms with Crippen molar-refractivity contribution in [1.29, 1.82) is 5.26 Å². The lowest BCUT2D eigenvalue weighted by Gasteiger charge is -2.11. The standard InChI is InChI=1S/C22H15BrClNO3S/c1-15-2-9-21(10-3-15)29(26,27)28-22-11-8-20(24)13-17(22)12-18(14-25)16-4-6-19(23)7-5-16/h2-13H,1H3/b18-12+. The predicted molar refractivity (Wildman–Crippen MR) is 118 cm³/mol. The molecule has 3 aromatic carbocycles. The smallest absolute Gasteiger partial charge is 0.339 e. The van der Waals surface area contributed by atoms with Gasteiger partial charge in [-0.15, -0.1) is 0 Å². The molecule has 0 bridgehead atoms. The first kappa shape index (κ1) is 21.1. The summed E-state index contributed by atoms with van der Waals surface area (Å²) >= 11 is 9.45. The molecule has 7 heteroatoms. The second-order valence-electron chi connectivity index (χ2n) is 6.21. The number of halogens is 2. The third-order valence-corrected chi connectivity index (χ3v) is 6.07. The molecule has 0 atom stereocenters. The lowest BCUT2D eigenvalue weighted by molar-refractivity contribution is 0.485. The van der Waals surface area contributed by atoms with Gasteiger partial charge in [-0.2, -0.15) is 13.7 Å². The molecule has 0 heterocycles. The van der Waals surface area contributed by atoms with Gasteiger partial charge in [0.1, 0.15) is 10.6 Å². The van der Waals surface area contributed by atoms with E-state index in [-0.39, 0.29) is 10.6 Å². The summed E-state index contributed by atoms with van der Waals surface area (Å²) in [5, 5.41) is 9.98. The van der Waals surface area contributed by atoms with Gasteiger partial charge >= 0.3 is 10.1 Å². The molecule has 0 amide bonds. The molecule has 0 spiro atoms. The molecule has 29 heavy (non-hydrogen) atoms. The Labute approximate surface area is 183 Å². The van der Waals surface area contributed by atoms with Gasteiger partial charge in [0.05, 0.1) is 11.6 Å². The molecule has 146 valence electrons. The van der Waals surface area contributed by atoms with Crippen molar-refractivity contribution in [3.63, 3.8) is 0 Å². The average Bonchev–Trinajstić information content (AvgIpc) is 2.69. The summed E-state index contributed by atoms with van der Waals surface area (Å²) in [6.07, 6.45) is 1.55. The summed E-state index contributed by atoms with van der Waals surface area (Å²) in [5.74, 6) is 0.0832. The zero-order valence-corrected chi connectivity index (χ0v) is 18.4. The molecular weight excluding hydrogens is 474 g/mol. The molecule has 0 aromatic heterocycles. The Bertz CT molecular complexity index is 1210. The van der Waals surface area contributed by atoms with Gasteiger partial charge < -0.3 is 4.18 Å². The van der Waals surface area contributed by atoms with Crippen LogP contribution in [0.1, 0.15) is 16.7 Å². The Morgan fingerprint density at radius 1 is 1.07 bits per heavy atom. The number of hydrogen-bond acceptors (Lipinski definition) is 4. The molecule has 3 aromatic rings. The fourth-order valence-electron chi connectivity index (χ4n) is 2.54. The van der Waals surface area contributed by atoms with Gasteiger partial charge in [0.15, 0.2) is 0 Å². The summed E-state index contributed by atoms with van der Waals surface area (Å²) in [5.41, 5.74) is 2.35. The van der Waals surface area contributed by atoms with Gasteiger partial charge in [-0.1, -0.05) is 57.4 Å². The maximum absolute atomic E-state index is 12.7. The lowest BCUT2D eigenvalue weighted by Crippen LogP contribution is -2.10. The van der Waals surface area contributed by atoms with Crippen molar-refractivity contribution >= 4 is 49.3 Å². The minimum absolute atomic E-state index is 0.0430. The second kappa shape index (κ2) is 8.83. The highest BCUT2D eigenvalue weighted by atomic mass is 79.9. The quantitative estimate of drug-likeness (QED) is 0.242. The van der Waals surface area contributed by atoms with Crippen LogP contribution in [0.25, 0.3) is 11.6 Å². The Hall–Kier alpha value is -2.59. The highest BCUT2D eigenvalue weighted by Gasteiger charge is 2.18. The number of nitrogens with zero attached hydrogens (tertiary/aromatic N) is 1. The van der Waals surface area contributed by atoms with E-state index < -0.39 is 10.1 Å². The molecule has 0 fully saturated rings. The van der Waals surface area contributed by atoms with Crippen molar-refractivity contribution in [3.8, 4) is 11.8 Å². The van der Waals surface area contributed by atoms with Crippen LogP contribution in [0.4, 0.5) is 0 Å². The molecule has 0 saturated heterocycles. The van der Waals surface area contributed by atoms with Gasteiger partial charge in [0.25, 0.3) is 0 Å². The summed E-state index contributed by atoms with van der Waals surface area (Å²) < 4.78 is 31.6. The van der Waals surface area contributed by atoms with E-state index in [4.69, 9.17) is 15.8 Å². The van der Waals surface area contributed by atoms with Crippen LogP contribution in [0, 0.1) is 18.3 Å². The highest BCUT2D eigenvalue weighted by molar-refractivity contribution is 9.10. The van der Waals surface area contributed by atoms with Crippen LogP contribution in [0.2, 0.25) is 5.02 Å². The summed E-state index contributed by atoms with van der Waals surface area (Å²) in [6.45, 7) is 1.87. The van der Waals surface area contributed by atoms with Crippen LogP contribution in [0.5, 0.6) is 5.75 Å². The first-order valence-electron chi connectivity index (χ1n) is 8.47. The van der Waals surface area contributed by atoms with E-state index in [0.717, 1.165) is 10.0 Å². The normalized spacial score (nSPS) is 11.7. The van der Waals surface area contributed by atoms with Crippen LogP contribution in [0.3, 0.4) is 0 Å². The fraction of sp³-hybridized carbons (Fsp3) is 0.0455. The van der Waals surface area contributed by atoms with Gasteiger partial charge in [-0.3, -0.25) is 0 Å². The molecule has 3 rings (SSSR count). The van der Waals surface area contributed by atoms with Gasteiger partial charge in [-0.25, -0.2) is 0 Å². The van der Waals surface area contributed by atoms with Crippen LogP contribution < -0.4 is 4.18 Å². The third-order valence-electron chi connectivity index (χ3n) is 4.06. The van der Waals surface area contributed by atoms with Crippen molar-refractivity contribution in [3.05, 3.63) is 92.9 Å². The minimum atomic E-state index is -4.04. The molecule has 0 aliphatic carbocycles. The fourth-order valence-corrected chi connectivity index (χ4v) is 3.94. The van der Waals surface area contributed by atoms with E-state index in [1.54, 1.807) is 36.4 Å². The van der Waals surface area contributed by atoms with E-state index in [2.05, 4.69) is 22.0 Å².